The lowest BCUT2D eigenvalue weighted by Gasteiger charge is -2.48. The third-order valence-electron chi connectivity index (χ3n) is 15.1. The van der Waals surface area contributed by atoms with Crippen molar-refractivity contribution < 1.29 is 71.7 Å². The molecule has 66 heavy (non-hydrogen) atoms. The van der Waals surface area contributed by atoms with Gasteiger partial charge in [-0.2, -0.15) is 0 Å². The smallest absolute Gasteiger partial charge is 0.316 e. The molecule has 0 radical (unpaired) electrons. The Morgan fingerprint density at radius 1 is 0.924 bits per heavy atom. The van der Waals surface area contributed by atoms with Crippen molar-refractivity contribution in [2.24, 2.45) is 23.7 Å². The van der Waals surface area contributed by atoms with Crippen molar-refractivity contribution in [3.63, 3.8) is 0 Å². The van der Waals surface area contributed by atoms with Crippen molar-refractivity contribution >= 4 is 16.8 Å². The molecule has 1 aliphatic carbocycles. The molecule has 0 aromatic rings. The molecule has 372 valence electrons. The molecule has 4 fully saturated rings. The first-order chi connectivity index (χ1) is 31.4. The van der Waals surface area contributed by atoms with E-state index in [0.717, 1.165) is 12.0 Å². The third kappa shape index (κ3) is 10.8. The van der Waals surface area contributed by atoms with E-state index in [1.54, 1.807) is 33.3 Å². The Morgan fingerprint density at radius 2 is 1.64 bits per heavy atom. The second-order valence-electron chi connectivity index (χ2n) is 19.7. The molecule has 15 nitrogen and oxygen atoms in total. The van der Waals surface area contributed by atoms with Crippen LogP contribution in [0.5, 0.6) is 0 Å². The zero-order valence-corrected chi connectivity index (χ0v) is 41.3. The zero-order chi connectivity index (χ0) is 47.7. The van der Waals surface area contributed by atoms with Crippen molar-refractivity contribution in [2.75, 3.05) is 33.2 Å². The molecule has 0 aromatic heterocycles. The second kappa shape index (κ2) is 21.9. The van der Waals surface area contributed by atoms with Crippen LogP contribution in [0.15, 0.2) is 59.3 Å². The molecule has 7 aliphatic rings. The predicted octanol–water partition coefficient (Wildman–Crippen LogP) is 5.13. The van der Waals surface area contributed by atoms with Gasteiger partial charge in [-0.05, 0) is 62.8 Å². The number of rotatable bonds is 11. The molecule has 0 saturated carbocycles. The number of hydrogen-bond acceptors (Lipinski definition) is 15. The number of aliphatic hydroxyl groups is 3. The molecule has 2 bridgehead atoms. The highest BCUT2D eigenvalue weighted by Gasteiger charge is 2.60. The van der Waals surface area contributed by atoms with E-state index in [-0.39, 0.29) is 49.2 Å². The molecular formula is C50H76O15S. The van der Waals surface area contributed by atoms with E-state index in [9.17, 15) is 24.3 Å². The van der Waals surface area contributed by atoms with Gasteiger partial charge < -0.3 is 62.7 Å². The molecule has 0 amide bonds. The summed E-state index contributed by atoms with van der Waals surface area (Å²) in [6, 6.07) is 0. The van der Waals surface area contributed by atoms with Crippen molar-refractivity contribution in [3.05, 3.63) is 59.3 Å². The molecule has 6 aliphatic heterocycles. The number of ether oxygens (including phenoxy) is 10. The molecule has 7 rings (SSSR count). The van der Waals surface area contributed by atoms with Crippen molar-refractivity contribution in [1.82, 2.24) is 0 Å². The average Bonchev–Trinajstić information content (AvgIpc) is 3.62. The Balaban J connectivity index is 1.16. The molecule has 1 spiro atoms. The normalized spacial score (nSPS) is 47.4. The fraction of sp³-hybridized carbons (Fsp3) is 0.780. The molecule has 16 heteroatoms. The van der Waals surface area contributed by atoms with Gasteiger partial charge in [0, 0.05) is 68.3 Å². The molecule has 21 atom stereocenters. The van der Waals surface area contributed by atoms with E-state index in [1.165, 1.54) is 0 Å². The van der Waals surface area contributed by atoms with E-state index in [0.29, 0.717) is 36.8 Å². The summed E-state index contributed by atoms with van der Waals surface area (Å²) in [5.74, 6) is -2.49. The van der Waals surface area contributed by atoms with Gasteiger partial charge in [0.2, 0.25) is 0 Å². The first-order valence-electron chi connectivity index (χ1n) is 24.1. The Morgan fingerprint density at radius 3 is 2.35 bits per heavy atom. The van der Waals surface area contributed by atoms with E-state index in [1.807, 2.05) is 39.0 Å². The number of fused-ring (bicyclic) bond motifs is 2. The molecular weight excluding hydrogens is 873 g/mol. The van der Waals surface area contributed by atoms with E-state index in [2.05, 4.69) is 39.8 Å². The summed E-state index contributed by atoms with van der Waals surface area (Å²) >= 11 is 0. The molecule has 6 heterocycles. The fourth-order valence-electron chi connectivity index (χ4n) is 11.2. The van der Waals surface area contributed by atoms with Crippen LogP contribution >= 0.6 is 0 Å². The minimum absolute atomic E-state index is 0.0210. The largest absolute Gasteiger partial charge is 0.462 e. The minimum atomic E-state index is -1.85. The molecule has 4 saturated heterocycles. The standard InChI is InChI=1S/C50H76O15S/c1-11-27(2)44-30(5)17-18-49(65-44)25-36-22-35(64-49)16-15-29(4)43(28(3)13-12-14-34-26-58-47-42(52)31(6)21-37(48(53)61-36)50(34,47)54)62-40-23-38(56-9)45(32(7)59-40)63-41-24-39(57-10)46(33(8)60-41)66(55)20-19-51/h12-15,17-18,21,27-28,30,32-33,35-47,51-52,54H,11,16,19-20,22-26H2,1-10H3/b13-12+,29-15+,34-14+/t27?,28-,30-,32-,33-,35+,36-,37-,38-,39-,40-,41-,42+,43-,44+,45-,46+,47+,49+,50+,66?/m0/s1. The number of esters is 1. The summed E-state index contributed by atoms with van der Waals surface area (Å²) < 4.78 is 77.4. The average molecular weight is 949 g/mol. The van der Waals surface area contributed by atoms with Crippen LogP contribution in [0.4, 0.5) is 0 Å². The highest BCUT2D eigenvalue weighted by atomic mass is 32.2. The summed E-state index contributed by atoms with van der Waals surface area (Å²) in [4.78, 5) is 14.4. The van der Waals surface area contributed by atoms with E-state index in [4.69, 9.17) is 47.4 Å². The Labute approximate surface area is 393 Å². The highest BCUT2D eigenvalue weighted by Crippen LogP contribution is 2.47. The van der Waals surface area contributed by atoms with Gasteiger partial charge in [-0.1, -0.05) is 70.6 Å². The van der Waals surface area contributed by atoms with Crippen LogP contribution in [0.25, 0.3) is 0 Å². The van der Waals surface area contributed by atoms with E-state index >= 15 is 0 Å². The van der Waals surface area contributed by atoms with Crippen LogP contribution in [0.3, 0.4) is 0 Å². The van der Waals surface area contributed by atoms with Gasteiger partial charge in [0.05, 0.1) is 61.2 Å². The predicted molar refractivity (Wildman–Crippen MR) is 245 cm³/mol. The maximum absolute atomic E-state index is 14.4. The van der Waals surface area contributed by atoms with Gasteiger partial charge in [0.1, 0.15) is 35.9 Å². The zero-order valence-electron chi connectivity index (χ0n) is 40.4. The van der Waals surface area contributed by atoms with Crippen LogP contribution in [0.1, 0.15) is 93.9 Å². The lowest BCUT2D eigenvalue weighted by Crippen LogP contribution is -2.58. The highest BCUT2D eigenvalue weighted by molar-refractivity contribution is 7.85. The van der Waals surface area contributed by atoms with Crippen molar-refractivity contribution in [1.29, 1.82) is 0 Å². The molecule has 0 aromatic carbocycles. The summed E-state index contributed by atoms with van der Waals surface area (Å²) in [5, 5.41) is 32.8. The Bertz CT molecular complexity index is 1870. The molecule has 2 unspecified atom stereocenters. The monoisotopic (exact) mass is 948 g/mol. The summed E-state index contributed by atoms with van der Waals surface area (Å²) in [6.07, 6.45) is 8.96. The SMILES string of the molecule is CCC(C)[C@H]1O[C@]2(C=C[C@@H]1C)C[C@@H]1C[C@@H](C/C=C(\C)[C@@H](O[C@H]3C[C@H](OC)[C@@H](O[C@H]4C[C@H](OC)[C@H](S(=O)CCO)[C@H](C)O4)[C@H](C)O3)[C@@H](C)/C=C/C=C3\CO[C@@H]4[C@H](O)C(C)=C[C@@H](C(=O)O1)[C@]34O)O2. The third-order valence-corrected chi connectivity index (χ3v) is 16.9. The van der Waals surface area contributed by atoms with Crippen LogP contribution in [0, 0.1) is 23.7 Å². The van der Waals surface area contributed by atoms with Crippen LogP contribution in [-0.4, -0.2) is 155 Å². The van der Waals surface area contributed by atoms with Gasteiger partial charge in [-0.25, -0.2) is 0 Å². The first kappa shape index (κ1) is 51.7. The number of allylic oxidation sites excluding steroid dienone is 2. The van der Waals surface area contributed by atoms with E-state index < -0.39 is 113 Å². The summed E-state index contributed by atoms with van der Waals surface area (Å²) in [6.45, 7) is 15.9. The number of carbonyl (C=O) groups is 1. The summed E-state index contributed by atoms with van der Waals surface area (Å²) in [7, 11) is 1.88. The van der Waals surface area contributed by atoms with Gasteiger partial charge in [-0.15, -0.1) is 0 Å². The lowest BCUT2D eigenvalue weighted by atomic mass is 9.71. The second-order valence-corrected chi connectivity index (χ2v) is 21.5. The Hall–Kier alpha value is -2.16. The van der Waals surface area contributed by atoms with Crippen molar-refractivity contribution in [3.8, 4) is 0 Å². The fourth-order valence-corrected chi connectivity index (χ4v) is 12.7. The minimum Gasteiger partial charge on any atom is -0.462 e. The number of hydrogen-bond donors (Lipinski definition) is 3. The number of aliphatic hydroxyl groups excluding tert-OH is 2. The van der Waals surface area contributed by atoms with Crippen LogP contribution in [0.2, 0.25) is 0 Å². The lowest BCUT2D eigenvalue weighted by molar-refractivity contribution is -0.309. The Kier molecular flexibility index (Phi) is 17.1. The van der Waals surface area contributed by atoms with Crippen LogP contribution < -0.4 is 0 Å². The maximum atomic E-state index is 14.4. The van der Waals surface area contributed by atoms with Gasteiger partial charge in [0.15, 0.2) is 18.4 Å². The van der Waals surface area contributed by atoms with Gasteiger partial charge >= 0.3 is 5.97 Å². The van der Waals surface area contributed by atoms with Gasteiger partial charge in [0.25, 0.3) is 0 Å². The van der Waals surface area contributed by atoms with Gasteiger partial charge in [-0.3, -0.25) is 9.00 Å². The topological polar surface area (TPSA) is 187 Å². The quantitative estimate of drug-likeness (QED) is 0.183. The molecule has 3 N–H and O–H groups in total. The van der Waals surface area contributed by atoms with Crippen LogP contribution in [-0.2, 0) is 63.0 Å². The number of carbonyl (C=O) groups excluding carboxylic acids is 1. The first-order valence-corrected chi connectivity index (χ1v) is 25.5. The van der Waals surface area contributed by atoms with Crippen molar-refractivity contribution in [2.45, 2.75) is 190 Å². The maximum Gasteiger partial charge on any atom is 0.316 e. The summed E-state index contributed by atoms with van der Waals surface area (Å²) in [5.41, 5.74) is 0.0893. The number of methoxy groups -OCH3 is 2.